The van der Waals surface area contributed by atoms with Crippen molar-refractivity contribution in [2.75, 3.05) is 11.9 Å². The molecule has 0 saturated carbocycles. The molecule has 0 aliphatic carbocycles. The number of nitro groups is 1. The number of thiocarbonyl (C=S) groups is 1. The average Bonchev–Trinajstić information content (AvgIpc) is 3.50. The summed E-state index contributed by atoms with van der Waals surface area (Å²) < 4.78 is 6.20. The van der Waals surface area contributed by atoms with Crippen LogP contribution in [0.25, 0.3) is 11.3 Å². The van der Waals surface area contributed by atoms with Gasteiger partial charge in [0.2, 0.25) is 5.91 Å². The molecule has 180 valence electrons. The summed E-state index contributed by atoms with van der Waals surface area (Å²) >= 11 is 5.61. The lowest BCUT2D eigenvalue weighted by Gasteiger charge is -2.25. The van der Waals surface area contributed by atoms with Gasteiger partial charge in [0.1, 0.15) is 24.1 Å². The number of pyridine rings is 1. The number of nitrogens with one attached hydrogen (secondary N) is 2. The van der Waals surface area contributed by atoms with Gasteiger partial charge in [-0.2, -0.15) is 0 Å². The lowest BCUT2D eigenvalue weighted by Crippen LogP contribution is -2.36. The van der Waals surface area contributed by atoms with E-state index in [1.54, 1.807) is 35.4 Å². The zero-order chi connectivity index (χ0) is 25.1. The highest BCUT2D eigenvalue weighted by Gasteiger charge is 2.42. The number of para-hydroxylation sites is 1. The Hall–Kier alpha value is -4.57. The first-order chi connectivity index (χ1) is 17.5. The number of non-ortho nitro benzene ring substituents is 1. The summed E-state index contributed by atoms with van der Waals surface area (Å²) in [5.41, 5.74) is 1.97. The summed E-state index contributed by atoms with van der Waals surface area (Å²) in [7, 11) is 0. The van der Waals surface area contributed by atoms with Crippen LogP contribution in [0, 0.1) is 10.1 Å². The van der Waals surface area contributed by atoms with Crippen LogP contribution in [0.2, 0.25) is 0 Å². The first-order valence-electron chi connectivity index (χ1n) is 11.2. The molecule has 2 N–H and O–H groups in total. The molecule has 4 aromatic rings. The molecular formula is C26H21N5O4S. The van der Waals surface area contributed by atoms with Crippen molar-refractivity contribution in [3.05, 3.63) is 113 Å². The summed E-state index contributed by atoms with van der Waals surface area (Å²) in [5, 5.41) is 17.8. The van der Waals surface area contributed by atoms with E-state index in [1.165, 1.54) is 12.1 Å². The van der Waals surface area contributed by atoms with E-state index in [2.05, 4.69) is 15.6 Å². The van der Waals surface area contributed by atoms with E-state index in [4.69, 9.17) is 16.6 Å². The van der Waals surface area contributed by atoms with E-state index < -0.39 is 11.0 Å². The van der Waals surface area contributed by atoms with Gasteiger partial charge in [-0.25, -0.2) is 0 Å². The van der Waals surface area contributed by atoms with Crippen LogP contribution in [0.5, 0.6) is 0 Å². The second kappa shape index (κ2) is 9.96. The third kappa shape index (κ3) is 4.80. The molecule has 1 fully saturated rings. The number of anilines is 1. The number of nitro benzene ring substituents is 1. The predicted octanol–water partition coefficient (Wildman–Crippen LogP) is 4.86. The number of hydrogen-bond donors (Lipinski definition) is 2. The van der Waals surface area contributed by atoms with Crippen molar-refractivity contribution in [3.8, 4) is 11.3 Å². The highest BCUT2D eigenvalue weighted by molar-refractivity contribution is 7.80. The Morgan fingerprint density at radius 2 is 1.89 bits per heavy atom. The predicted molar refractivity (Wildman–Crippen MR) is 138 cm³/mol. The highest BCUT2D eigenvalue weighted by Crippen LogP contribution is 2.40. The fraction of sp³-hybridized carbons (Fsp3) is 0.115. The number of amides is 1. The van der Waals surface area contributed by atoms with Crippen LogP contribution < -0.4 is 10.6 Å². The van der Waals surface area contributed by atoms with Gasteiger partial charge in [-0.05, 0) is 48.6 Å². The SMILES string of the molecule is O=C(CN1C(=S)N[C@@H](c2ccccn2)[C@H]1c1ccc(-c2cccc([N+](=O)[O-])c2)o1)Nc1ccccc1. The van der Waals surface area contributed by atoms with Crippen molar-refractivity contribution in [2.45, 2.75) is 12.1 Å². The molecule has 5 rings (SSSR count). The molecule has 36 heavy (non-hydrogen) atoms. The van der Waals surface area contributed by atoms with Crippen LogP contribution >= 0.6 is 12.2 Å². The molecule has 1 aliphatic heterocycles. The third-order valence-corrected chi connectivity index (χ3v) is 6.18. The molecule has 3 heterocycles. The van der Waals surface area contributed by atoms with Gasteiger partial charge >= 0.3 is 0 Å². The van der Waals surface area contributed by atoms with Gasteiger partial charge in [-0.1, -0.05) is 36.4 Å². The molecule has 10 heteroatoms. The van der Waals surface area contributed by atoms with E-state index in [0.29, 0.717) is 27.9 Å². The van der Waals surface area contributed by atoms with Crippen LogP contribution in [-0.2, 0) is 4.79 Å². The van der Waals surface area contributed by atoms with Crippen LogP contribution in [-0.4, -0.2) is 32.4 Å². The van der Waals surface area contributed by atoms with Crippen LogP contribution in [0.4, 0.5) is 11.4 Å². The molecular weight excluding hydrogens is 478 g/mol. The monoisotopic (exact) mass is 499 g/mol. The molecule has 0 unspecified atom stereocenters. The van der Waals surface area contributed by atoms with E-state index in [-0.39, 0.29) is 24.2 Å². The van der Waals surface area contributed by atoms with Crippen molar-refractivity contribution >= 4 is 34.6 Å². The molecule has 1 saturated heterocycles. The Kier molecular flexibility index (Phi) is 6.42. The Morgan fingerprint density at radius 3 is 2.64 bits per heavy atom. The molecule has 0 bridgehead atoms. The highest BCUT2D eigenvalue weighted by atomic mass is 32.1. The maximum Gasteiger partial charge on any atom is 0.270 e. The van der Waals surface area contributed by atoms with E-state index >= 15 is 0 Å². The second-order valence-corrected chi connectivity index (χ2v) is 8.56. The summed E-state index contributed by atoms with van der Waals surface area (Å²) in [4.78, 5) is 29.9. The number of hydrogen-bond acceptors (Lipinski definition) is 6. The smallest absolute Gasteiger partial charge is 0.270 e. The minimum atomic E-state index is -0.471. The molecule has 2 atom stereocenters. The normalized spacial score (nSPS) is 17.0. The Balaban J connectivity index is 1.47. The minimum Gasteiger partial charge on any atom is -0.459 e. The zero-order valence-corrected chi connectivity index (χ0v) is 19.7. The molecule has 1 amide bonds. The molecule has 2 aromatic carbocycles. The molecule has 0 radical (unpaired) electrons. The quantitative estimate of drug-likeness (QED) is 0.211. The lowest BCUT2D eigenvalue weighted by atomic mass is 10.0. The number of carbonyl (C=O) groups is 1. The van der Waals surface area contributed by atoms with E-state index in [0.717, 1.165) is 5.69 Å². The van der Waals surface area contributed by atoms with Crippen LogP contribution in [0.15, 0.2) is 95.5 Å². The van der Waals surface area contributed by atoms with E-state index in [9.17, 15) is 14.9 Å². The van der Waals surface area contributed by atoms with Crippen molar-refractivity contribution < 1.29 is 14.1 Å². The van der Waals surface area contributed by atoms with Gasteiger partial charge in [0.15, 0.2) is 5.11 Å². The van der Waals surface area contributed by atoms with Crippen molar-refractivity contribution in [1.82, 2.24) is 15.2 Å². The van der Waals surface area contributed by atoms with Gasteiger partial charge < -0.3 is 20.0 Å². The van der Waals surface area contributed by atoms with Crippen LogP contribution in [0.3, 0.4) is 0 Å². The number of benzene rings is 2. The summed E-state index contributed by atoms with van der Waals surface area (Å²) in [6, 6.07) is 23.7. The number of furan rings is 1. The summed E-state index contributed by atoms with van der Waals surface area (Å²) in [6.07, 6.45) is 1.69. The second-order valence-electron chi connectivity index (χ2n) is 8.18. The van der Waals surface area contributed by atoms with Crippen molar-refractivity contribution in [2.24, 2.45) is 0 Å². The molecule has 2 aromatic heterocycles. The lowest BCUT2D eigenvalue weighted by molar-refractivity contribution is -0.384. The number of carbonyl (C=O) groups excluding carboxylic acids is 1. The van der Waals surface area contributed by atoms with Crippen LogP contribution in [0.1, 0.15) is 23.5 Å². The topological polar surface area (TPSA) is 114 Å². The fourth-order valence-corrected chi connectivity index (χ4v) is 4.51. The molecule has 9 nitrogen and oxygen atoms in total. The van der Waals surface area contributed by atoms with Crippen molar-refractivity contribution in [1.29, 1.82) is 0 Å². The van der Waals surface area contributed by atoms with E-state index in [1.807, 2.05) is 48.5 Å². The van der Waals surface area contributed by atoms with Gasteiger partial charge in [-0.3, -0.25) is 19.9 Å². The first kappa shape index (κ1) is 23.2. The largest absolute Gasteiger partial charge is 0.459 e. The zero-order valence-electron chi connectivity index (χ0n) is 18.9. The summed E-state index contributed by atoms with van der Waals surface area (Å²) in [6.45, 7) is -0.0123. The Bertz CT molecular complexity index is 1410. The van der Waals surface area contributed by atoms with Gasteiger partial charge in [0.05, 0.1) is 16.7 Å². The third-order valence-electron chi connectivity index (χ3n) is 5.83. The summed E-state index contributed by atoms with van der Waals surface area (Å²) in [5.74, 6) is 0.787. The average molecular weight is 500 g/mol. The fourth-order valence-electron chi connectivity index (χ4n) is 4.20. The number of aromatic nitrogens is 1. The minimum absolute atomic E-state index is 0.0123. The maximum atomic E-state index is 12.9. The number of nitrogens with zero attached hydrogens (tertiary/aromatic N) is 3. The standard InChI is InChI=1S/C26H21N5O4S/c32-23(28-18-8-2-1-3-9-18)16-30-25(24(29-26(30)36)20-11-4-5-14-27-20)22-13-12-21(35-22)17-7-6-10-19(15-17)31(33)34/h1-15,24-25H,16H2,(H,28,32)(H,29,36)/t24-,25+/m0/s1. The Morgan fingerprint density at radius 1 is 1.08 bits per heavy atom. The molecule has 1 aliphatic rings. The molecule has 0 spiro atoms. The van der Waals surface area contributed by atoms with Gasteiger partial charge in [0, 0.05) is 29.6 Å². The van der Waals surface area contributed by atoms with Gasteiger partial charge in [0.25, 0.3) is 5.69 Å². The maximum absolute atomic E-state index is 12.9. The Labute approximate surface area is 211 Å². The first-order valence-corrected chi connectivity index (χ1v) is 11.6. The van der Waals surface area contributed by atoms with Crippen molar-refractivity contribution in [3.63, 3.8) is 0 Å². The van der Waals surface area contributed by atoms with Gasteiger partial charge in [-0.15, -0.1) is 0 Å². The number of rotatable bonds is 7.